The first-order chi connectivity index (χ1) is 7.72. The fourth-order valence-corrected chi connectivity index (χ4v) is 1.61. The Morgan fingerprint density at radius 3 is 2.69 bits per heavy atom. The second-order valence-corrected chi connectivity index (χ2v) is 3.57. The highest BCUT2D eigenvalue weighted by molar-refractivity contribution is 6.08. The third-order valence-electron chi connectivity index (χ3n) is 2.51. The average molecular weight is 215 g/mol. The number of carbonyl (C=O) groups is 1. The molecule has 0 fully saturated rings. The second-order valence-electron chi connectivity index (χ2n) is 3.57. The van der Waals surface area contributed by atoms with E-state index in [0.717, 1.165) is 0 Å². The lowest BCUT2D eigenvalue weighted by Gasteiger charge is -2.04. The third kappa shape index (κ3) is 1.84. The molecule has 0 atom stereocenters. The van der Waals surface area contributed by atoms with E-state index in [2.05, 4.69) is 0 Å². The Labute approximate surface area is 94.3 Å². The molecule has 1 aromatic carbocycles. The standard InChI is InChI=1S/C13H13NO2/c1-14-8-4-7-12(14)13(15)10-5-3-6-11(9-10)16-2/h3-9H,1-2H3. The zero-order chi connectivity index (χ0) is 11.5. The largest absolute Gasteiger partial charge is 0.497 e. The van der Waals surface area contributed by atoms with Crippen LogP contribution in [0.4, 0.5) is 0 Å². The Balaban J connectivity index is 2.38. The van der Waals surface area contributed by atoms with Crippen molar-refractivity contribution in [1.82, 2.24) is 4.57 Å². The number of ether oxygens (including phenoxy) is 1. The Morgan fingerprint density at radius 1 is 1.25 bits per heavy atom. The molecule has 0 N–H and O–H groups in total. The first kappa shape index (κ1) is 10.5. The molecule has 82 valence electrons. The smallest absolute Gasteiger partial charge is 0.209 e. The molecule has 0 bridgehead atoms. The van der Waals surface area contributed by atoms with Gasteiger partial charge in [0.25, 0.3) is 0 Å². The molecular weight excluding hydrogens is 202 g/mol. The topological polar surface area (TPSA) is 31.2 Å². The Kier molecular flexibility index (Phi) is 2.77. The number of carbonyl (C=O) groups excluding carboxylic acids is 1. The number of hydrogen-bond acceptors (Lipinski definition) is 2. The molecule has 2 aromatic rings. The van der Waals surface area contributed by atoms with Gasteiger partial charge in [0.1, 0.15) is 5.75 Å². The van der Waals surface area contributed by atoms with Crippen LogP contribution in [0.5, 0.6) is 5.75 Å². The lowest BCUT2D eigenvalue weighted by atomic mass is 10.1. The second kappa shape index (κ2) is 4.23. The van der Waals surface area contributed by atoms with Gasteiger partial charge in [0.05, 0.1) is 12.8 Å². The Bertz CT molecular complexity index is 514. The van der Waals surface area contributed by atoms with Crippen molar-refractivity contribution in [3.05, 3.63) is 53.9 Å². The predicted molar refractivity (Wildman–Crippen MR) is 61.8 cm³/mol. The van der Waals surface area contributed by atoms with E-state index >= 15 is 0 Å². The number of aromatic nitrogens is 1. The molecule has 1 aromatic heterocycles. The summed E-state index contributed by atoms with van der Waals surface area (Å²) in [5.41, 5.74) is 1.31. The van der Waals surface area contributed by atoms with Crippen molar-refractivity contribution in [2.75, 3.05) is 7.11 Å². The van der Waals surface area contributed by atoms with E-state index in [1.165, 1.54) is 0 Å². The van der Waals surface area contributed by atoms with Crippen LogP contribution in [-0.4, -0.2) is 17.5 Å². The average Bonchev–Trinajstić information content (AvgIpc) is 2.74. The van der Waals surface area contributed by atoms with Crippen molar-refractivity contribution in [1.29, 1.82) is 0 Å². The van der Waals surface area contributed by atoms with Crippen LogP contribution < -0.4 is 4.74 Å². The summed E-state index contributed by atoms with van der Waals surface area (Å²) in [4.78, 5) is 12.1. The van der Waals surface area contributed by atoms with E-state index in [0.29, 0.717) is 17.0 Å². The fraction of sp³-hybridized carbons (Fsp3) is 0.154. The highest BCUT2D eigenvalue weighted by Gasteiger charge is 2.11. The fourth-order valence-electron chi connectivity index (χ4n) is 1.61. The van der Waals surface area contributed by atoms with E-state index in [4.69, 9.17) is 4.74 Å². The zero-order valence-corrected chi connectivity index (χ0v) is 9.31. The van der Waals surface area contributed by atoms with E-state index in [9.17, 15) is 4.79 Å². The van der Waals surface area contributed by atoms with Crippen molar-refractivity contribution in [2.45, 2.75) is 0 Å². The van der Waals surface area contributed by atoms with Crippen LogP contribution >= 0.6 is 0 Å². The lowest BCUT2D eigenvalue weighted by molar-refractivity contribution is 0.103. The van der Waals surface area contributed by atoms with Crippen LogP contribution in [0.3, 0.4) is 0 Å². The van der Waals surface area contributed by atoms with Crippen LogP contribution in [0.25, 0.3) is 0 Å². The van der Waals surface area contributed by atoms with Gasteiger partial charge in [0.2, 0.25) is 5.78 Å². The van der Waals surface area contributed by atoms with Crippen LogP contribution in [0, 0.1) is 0 Å². The summed E-state index contributed by atoms with van der Waals surface area (Å²) in [7, 11) is 3.44. The maximum atomic E-state index is 12.1. The SMILES string of the molecule is COc1cccc(C(=O)c2cccn2C)c1. The van der Waals surface area contributed by atoms with Gasteiger partial charge in [0.15, 0.2) is 0 Å². The van der Waals surface area contributed by atoms with Crippen molar-refractivity contribution in [2.24, 2.45) is 7.05 Å². The molecule has 3 nitrogen and oxygen atoms in total. The molecule has 16 heavy (non-hydrogen) atoms. The molecule has 0 saturated carbocycles. The molecular formula is C13H13NO2. The predicted octanol–water partition coefficient (Wildman–Crippen LogP) is 2.26. The van der Waals surface area contributed by atoms with Gasteiger partial charge < -0.3 is 9.30 Å². The van der Waals surface area contributed by atoms with Gasteiger partial charge in [-0.15, -0.1) is 0 Å². The summed E-state index contributed by atoms with van der Waals surface area (Å²) in [5, 5.41) is 0. The quantitative estimate of drug-likeness (QED) is 0.735. The number of benzene rings is 1. The van der Waals surface area contributed by atoms with Crippen molar-refractivity contribution >= 4 is 5.78 Å². The zero-order valence-electron chi connectivity index (χ0n) is 9.31. The number of ketones is 1. The lowest BCUT2D eigenvalue weighted by Crippen LogP contribution is -2.06. The summed E-state index contributed by atoms with van der Waals surface area (Å²) in [6.45, 7) is 0. The van der Waals surface area contributed by atoms with E-state index in [1.807, 2.05) is 42.1 Å². The number of rotatable bonds is 3. The molecule has 0 spiro atoms. The van der Waals surface area contributed by atoms with Gasteiger partial charge in [-0.2, -0.15) is 0 Å². The van der Waals surface area contributed by atoms with Gasteiger partial charge in [-0.3, -0.25) is 4.79 Å². The van der Waals surface area contributed by atoms with Gasteiger partial charge in [-0.1, -0.05) is 12.1 Å². The third-order valence-corrected chi connectivity index (χ3v) is 2.51. The first-order valence-electron chi connectivity index (χ1n) is 5.02. The van der Waals surface area contributed by atoms with Gasteiger partial charge in [-0.05, 0) is 24.3 Å². The Morgan fingerprint density at radius 2 is 2.06 bits per heavy atom. The summed E-state index contributed by atoms with van der Waals surface area (Å²) < 4.78 is 6.90. The maximum Gasteiger partial charge on any atom is 0.209 e. The molecule has 2 rings (SSSR count). The summed E-state index contributed by atoms with van der Waals surface area (Å²) in [5.74, 6) is 0.700. The normalized spacial score (nSPS) is 10.1. The van der Waals surface area contributed by atoms with Crippen LogP contribution in [0.2, 0.25) is 0 Å². The summed E-state index contributed by atoms with van der Waals surface area (Å²) >= 11 is 0. The molecule has 0 radical (unpaired) electrons. The highest BCUT2D eigenvalue weighted by Crippen LogP contribution is 2.16. The van der Waals surface area contributed by atoms with Crippen LogP contribution in [-0.2, 0) is 7.05 Å². The molecule has 0 aliphatic rings. The minimum Gasteiger partial charge on any atom is -0.497 e. The maximum absolute atomic E-state index is 12.1. The van der Waals surface area contributed by atoms with Crippen LogP contribution in [0.15, 0.2) is 42.6 Å². The highest BCUT2D eigenvalue weighted by atomic mass is 16.5. The van der Waals surface area contributed by atoms with E-state index in [-0.39, 0.29) is 5.78 Å². The summed E-state index contributed by atoms with van der Waals surface area (Å²) in [6, 6.07) is 10.8. The number of hydrogen-bond donors (Lipinski definition) is 0. The van der Waals surface area contributed by atoms with Gasteiger partial charge >= 0.3 is 0 Å². The van der Waals surface area contributed by atoms with Gasteiger partial charge in [-0.25, -0.2) is 0 Å². The minimum atomic E-state index is 0.00593. The van der Waals surface area contributed by atoms with Crippen LogP contribution in [0.1, 0.15) is 16.1 Å². The molecule has 3 heteroatoms. The molecule has 0 aliphatic heterocycles. The molecule has 1 heterocycles. The Hall–Kier alpha value is -2.03. The number of methoxy groups -OCH3 is 1. The molecule has 0 saturated heterocycles. The number of aryl methyl sites for hydroxylation is 1. The van der Waals surface area contributed by atoms with Crippen molar-refractivity contribution in [3.8, 4) is 5.75 Å². The molecule has 0 unspecified atom stereocenters. The number of nitrogens with zero attached hydrogens (tertiary/aromatic N) is 1. The summed E-state index contributed by atoms with van der Waals surface area (Å²) in [6.07, 6.45) is 1.85. The minimum absolute atomic E-state index is 0.00593. The molecule has 0 amide bonds. The van der Waals surface area contributed by atoms with Crippen molar-refractivity contribution in [3.63, 3.8) is 0 Å². The van der Waals surface area contributed by atoms with Gasteiger partial charge in [0, 0.05) is 18.8 Å². The van der Waals surface area contributed by atoms with E-state index < -0.39 is 0 Å². The monoisotopic (exact) mass is 215 g/mol. The molecule has 0 aliphatic carbocycles. The van der Waals surface area contributed by atoms with Crippen molar-refractivity contribution < 1.29 is 9.53 Å². The van der Waals surface area contributed by atoms with E-state index in [1.54, 1.807) is 19.2 Å². The first-order valence-corrected chi connectivity index (χ1v) is 5.02.